The van der Waals surface area contributed by atoms with Crippen LogP contribution < -0.4 is 5.32 Å². The number of aromatic amines is 1. The SMILES string of the molecule is CCCCOCCN=C(NCC)N(C)Cc1ncc(-c2ccccc2)[nH]1.I. The van der Waals surface area contributed by atoms with E-state index in [4.69, 9.17) is 4.74 Å². The molecule has 0 amide bonds. The molecule has 0 fully saturated rings. The molecule has 0 aliphatic rings. The van der Waals surface area contributed by atoms with Gasteiger partial charge in [-0.25, -0.2) is 4.98 Å². The normalized spacial score (nSPS) is 11.1. The van der Waals surface area contributed by atoms with Crippen molar-refractivity contribution >= 4 is 29.9 Å². The van der Waals surface area contributed by atoms with Crippen LogP contribution in [-0.2, 0) is 11.3 Å². The van der Waals surface area contributed by atoms with E-state index < -0.39 is 0 Å². The van der Waals surface area contributed by atoms with E-state index in [2.05, 4.69) is 51.2 Å². The molecule has 1 aromatic heterocycles. The second kappa shape index (κ2) is 13.5. The monoisotopic (exact) mass is 485 g/mol. The summed E-state index contributed by atoms with van der Waals surface area (Å²) in [5.41, 5.74) is 2.17. The van der Waals surface area contributed by atoms with Gasteiger partial charge in [0, 0.05) is 20.2 Å². The molecule has 0 aliphatic carbocycles. The minimum Gasteiger partial charge on any atom is -0.380 e. The average Bonchev–Trinajstić information content (AvgIpc) is 3.13. The van der Waals surface area contributed by atoms with E-state index in [-0.39, 0.29) is 24.0 Å². The second-order valence-electron chi connectivity index (χ2n) is 6.17. The van der Waals surface area contributed by atoms with Gasteiger partial charge in [0.2, 0.25) is 0 Å². The summed E-state index contributed by atoms with van der Waals surface area (Å²) in [5.74, 6) is 1.78. The predicted molar refractivity (Wildman–Crippen MR) is 123 cm³/mol. The van der Waals surface area contributed by atoms with Crippen molar-refractivity contribution in [3.8, 4) is 11.3 Å². The molecular formula is C20H32IN5O. The van der Waals surface area contributed by atoms with Gasteiger partial charge in [0.1, 0.15) is 5.82 Å². The minimum atomic E-state index is 0. The third-order valence-corrected chi connectivity index (χ3v) is 3.94. The number of ether oxygens (including phenoxy) is 1. The van der Waals surface area contributed by atoms with Crippen LogP contribution in [0.15, 0.2) is 41.5 Å². The van der Waals surface area contributed by atoms with Gasteiger partial charge < -0.3 is 19.9 Å². The van der Waals surface area contributed by atoms with Gasteiger partial charge in [0.05, 0.1) is 31.6 Å². The number of H-pyrrole nitrogens is 1. The lowest BCUT2D eigenvalue weighted by molar-refractivity contribution is 0.138. The van der Waals surface area contributed by atoms with Crippen LogP contribution in [0.4, 0.5) is 0 Å². The summed E-state index contributed by atoms with van der Waals surface area (Å²) in [6.45, 7) is 7.85. The molecule has 0 radical (unpaired) electrons. The number of hydrogen-bond donors (Lipinski definition) is 2. The average molecular weight is 485 g/mol. The molecule has 150 valence electrons. The van der Waals surface area contributed by atoms with Gasteiger partial charge in [0.25, 0.3) is 0 Å². The van der Waals surface area contributed by atoms with E-state index in [0.29, 0.717) is 19.7 Å². The van der Waals surface area contributed by atoms with Crippen molar-refractivity contribution in [2.75, 3.05) is 33.4 Å². The Morgan fingerprint density at radius 1 is 1.22 bits per heavy atom. The molecule has 7 heteroatoms. The number of hydrogen-bond acceptors (Lipinski definition) is 3. The fourth-order valence-electron chi connectivity index (χ4n) is 2.54. The molecule has 0 atom stereocenters. The third-order valence-electron chi connectivity index (χ3n) is 3.94. The van der Waals surface area contributed by atoms with Crippen LogP contribution in [0.3, 0.4) is 0 Å². The van der Waals surface area contributed by atoms with Crippen molar-refractivity contribution in [3.63, 3.8) is 0 Å². The molecule has 0 bridgehead atoms. The zero-order valence-corrected chi connectivity index (χ0v) is 18.9. The Bertz CT molecular complexity index is 659. The Morgan fingerprint density at radius 2 is 2.00 bits per heavy atom. The molecule has 0 aliphatic heterocycles. The van der Waals surface area contributed by atoms with Crippen LogP contribution in [0.25, 0.3) is 11.3 Å². The maximum absolute atomic E-state index is 5.58. The zero-order chi connectivity index (χ0) is 18.6. The van der Waals surface area contributed by atoms with Gasteiger partial charge in [-0.05, 0) is 18.9 Å². The molecule has 0 spiro atoms. The van der Waals surface area contributed by atoms with E-state index in [9.17, 15) is 0 Å². The van der Waals surface area contributed by atoms with Crippen molar-refractivity contribution in [2.45, 2.75) is 33.2 Å². The van der Waals surface area contributed by atoms with Gasteiger partial charge in [-0.3, -0.25) is 4.99 Å². The number of benzene rings is 1. The van der Waals surface area contributed by atoms with Crippen molar-refractivity contribution in [1.82, 2.24) is 20.2 Å². The fraction of sp³-hybridized carbons (Fsp3) is 0.500. The highest BCUT2D eigenvalue weighted by atomic mass is 127. The summed E-state index contributed by atoms with van der Waals surface area (Å²) in [4.78, 5) is 14.6. The van der Waals surface area contributed by atoms with Crippen molar-refractivity contribution in [3.05, 3.63) is 42.4 Å². The Kier molecular flexibility index (Phi) is 11.8. The minimum absolute atomic E-state index is 0. The first kappa shape index (κ1) is 23.4. The van der Waals surface area contributed by atoms with Crippen LogP contribution in [0.2, 0.25) is 0 Å². The molecular weight excluding hydrogens is 453 g/mol. The molecule has 6 nitrogen and oxygen atoms in total. The zero-order valence-electron chi connectivity index (χ0n) is 16.6. The first-order chi connectivity index (χ1) is 12.7. The summed E-state index contributed by atoms with van der Waals surface area (Å²) in [5, 5.41) is 3.32. The van der Waals surface area contributed by atoms with Crippen LogP contribution >= 0.6 is 24.0 Å². The topological polar surface area (TPSA) is 65.5 Å². The quantitative estimate of drug-likeness (QED) is 0.232. The largest absolute Gasteiger partial charge is 0.380 e. The highest BCUT2D eigenvalue weighted by molar-refractivity contribution is 14.0. The van der Waals surface area contributed by atoms with E-state index >= 15 is 0 Å². The number of halogens is 1. The smallest absolute Gasteiger partial charge is 0.194 e. The molecule has 1 heterocycles. The maximum atomic E-state index is 5.58. The Labute approximate surface area is 179 Å². The second-order valence-corrected chi connectivity index (χ2v) is 6.17. The lowest BCUT2D eigenvalue weighted by Gasteiger charge is -2.21. The summed E-state index contributed by atoms with van der Waals surface area (Å²) in [7, 11) is 2.02. The summed E-state index contributed by atoms with van der Waals surface area (Å²) in [6, 6.07) is 10.2. The van der Waals surface area contributed by atoms with E-state index in [1.807, 2.05) is 31.4 Å². The molecule has 2 aromatic rings. The highest BCUT2D eigenvalue weighted by Crippen LogP contribution is 2.16. The molecule has 0 saturated carbocycles. The molecule has 0 unspecified atom stereocenters. The number of nitrogens with zero attached hydrogens (tertiary/aromatic N) is 3. The van der Waals surface area contributed by atoms with Crippen molar-refractivity contribution in [1.29, 1.82) is 0 Å². The number of imidazole rings is 1. The summed E-state index contributed by atoms with van der Waals surface area (Å²) < 4.78 is 5.58. The summed E-state index contributed by atoms with van der Waals surface area (Å²) >= 11 is 0. The Hall–Kier alpha value is -1.61. The number of guanidine groups is 1. The van der Waals surface area contributed by atoms with Gasteiger partial charge in [-0.1, -0.05) is 43.7 Å². The predicted octanol–water partition coefficient (Wildman–Crippen LogP) is 3.91. The van der Waals surface area contributed by atoms with E-state index in [0.717, 1.165) is 49.0 Å². The van der Waals surface area contributed by atoms with Crippen molar-refractivity contribution < 1.29 is 4.74 Å². The van der Waals surface area contributed by atoms with Gasteiger partial charge in [-0.15, -0.1) is 24.0 Å². The Morgan fingerprint density at radius 3 is 2.70 bits per heavy atom. The first-order valence-corrected chi connectivity index (χ1v) is 9.41. The van der Waals surface area contributed by atoms with Crippen LogP contribution in [0, 0.1) is 0 Å². The number of nitrogens with one attached hydrogen (secondary N) is 2. The van der Waals surface area contributed by atoms with Gasteiger partial charge in [-0.2, -0.15) is 0 Å². The number of aliphatic imine (C=N–C) groups is 1. The Balaban J connectivity index is 0.00000364. The van der Waals surface area contributed by atoms with Crippen molar-refractivity contribution in [2.24, 2.45) is 4.99 Å². The van der Waals surface area contributed by atoms with Gasteiger partial charge in [0.15, 0.2) is 5.96 Å². The van der Waals surface area contributed by atoms with Crippen LogP contribution in [-0.4, -0.2) is 54.2 Å². The standard InChI is InChI=1S/C20H31N5O.HI/c1-4-6-13-26-14-12-22-20(21-5-2)25(3)16-19-23-15-18(24-19)17-10-8-7-9-11-17;/h7-11,15H,4-6,12-14,16H2,1-3H3,(H,21,22)(H,23,24);1H. The van der Waals surface area contributed by atoms with E-state index in [1.54, 1.807) is 0 Å². The molecule has 1 aromatic carbocycles. The number of rotatable bonds is 10. The number of aromatic nitrogens is 2. The number of unbranched alkanes of at least 4 members (excludes halogenated alkanes) is 1. The highest BCUT2D eigenvalue weighted by Gasteiger charge is 2.09. The molecule has 2 N–H and O–H groups in total. The molecule has 2 rings (SSSR count). The van der Waals surface area contributed by atoms with Gasteiger partial charge >= 0.3 is 0 Å². The van der Waals surface area contributed by atoms with Crippen LogP contribution in [0.5, 0.6) is 0 Å². The lowest BCUT2D eigenvalue weighted by Crippen LogP contribution is -2.39. The first-order valence-electron chi connectivity index (χ1n) is 9.41. The van der Waals surface area contributed by atoms with E-state index in [1.165, 1.54) is 0 Å². The maximum Gasteiger partial charge on any atom is 0.194 e. The fourth-order valence-corrected chi connectivity index (χ4v) is 2.54. The third kappa shape index (κ3) is 8.30. The molecule has 27 heavy (non-hydrogen) atoms. The summed E-state index contributed by atoms with van der Waals surface area (Å²) in [6.07, 6.45) is 4.14. The molecule has 0 saturated heterocycles. The lowest BCUT2D eigenvalue weighted by atomic mass is 10.2. The van der Waals surface area contributed by atoms with Crippen LogP contribution in [0.1, 0.15) is 32.5 Å².